The summed E-state index contributed by atoms with van der Waals surface area (Å²) in [5.41, 5.74) is 0. The van der Waals surface area contributed by atoms with Gasteiger partial charge in [0.2, 0.25) is 0 Å². The number of hydrogen-bond donors (Lipinski definition) is 0. The summed E-state index contributed by atoms with van der Waals surface area (Å²) < 4.78 is 28.0. The third-order valence-electron chi connectivity index (χ3n) is 3.67. The molecule has 0 spiro atoms. The van der Waals surface area contributed by atoms with E-state index < -0.39 is 10.0 Å². The van der Waals surface area contributed by atoms with Crippen molar-refractivity contribution < 1.29 is 13.2 Å². The van der Waals surface area contributed by atoms with Crippen molar-refractivity contribution >= 4 is 15.8 Å². The summed E-state index contributed by atoms with van der Waals surface area (Å²) in [4.78, 5) is 15.7. The smallest absolute Gasteiger partial charge is 0.262 e. The highest BCUT2D eigenvalue weighted by Gasteiger charge is 2.34. The van der Waals surface area contributed by atoms with E-state index in [4.69, 9.17) is 0 Å². The predicted molar refractivity (Wildman–Crippen MR) is 70.1 cm³/mol. The van der Waals surface area contributed by atoms with Crippen LogP contribution in [0.3, 0.4) is 0 Å². The van der Waals surface area contributed by atoms with Gasteiger partial charge in [-0.05, 0) is 13.3 Å². The van der Waals surface area contributed by atoms with E-state index in [0.29, 0.717) is 18.7 Å². The number of piperidine rings is 1. The van der Waals surface area contributed by atoms with Crippen molar-refractivity contribution in [2.45, 2.75) is 31.7 Å². The van der Waals surface area contributed by atoms with Crippen molar-refractivity contribution in [1.29, 1.82) is 0 Å². The molecule has 1 atom stereocenters. The van der Waals surface area contributed by atoms with Gasteiger partial charge in [0.25, 0.3) is 10.0 Å². The summed E-state index contributed by atoms with van der Waals surface area (Å²) in [5, 5.41) is 0.0664. The second-order valence-electron chi connectivity index (χ2n) is 4.92. The van der Waals surface area contributed by atoms with Gasteiger partial charge >= 0.3 is 0 Å². The summed E-state index contributed by atoms with van der Waals surface area (Å²) in [6.07, 6.45) is 2.48. The Morgan fingerprint density at radius 1 is 1.47 bits per heavy atom. The fourth-order valence-electron chi connectivity index (χ4n) is 2.24. The Labute approximate surface area is 113 Å². The molecule has 106 valence electrons. The van der Waals surface area contributed by atoms with Crippen LogP contribution in [0.25, 0.3) is 0 Å². The van der Waals surface area contributed by atoms with Crippen LogP contribution in [0.4, 0.5) is 0 Å². The average Bonchev–Trinajstić information content (AvgIpc) is 2.70. The van der Waals surface area contributed by atoms with Crippen molar-refractivity contribution in [3.05, 3.63) is 12.0 Å². The highest BCUT2D eigenvalue weighted by atomic mass is 32.2. The number of hydrogen-bond acceptors (Lipinski definition) is 4. The molecular weight excluding hydrogens is 266 g/mol. The molecule has 0 amide bonds. The van der Waals surface area contributed by atoms with E-state index in [9.17, 15) is 13.2 Å². The Morgan fingerprint density at radius 2 is 2.16 bits per heavy atom. The first-order valence-electron chi connectivity index (χ1n) is 6.39. The number of rotatable bonds is 3. The number of ketones is 1. The van der Waals surface area contributed by atoms with E-state index in [1.54, 1.807) is 18.5 Å². The molecule has 2 rings (SSSR count). The quantitative estimate of drug-likeness (QED) is 0.820. The maximum Gasteiger partial charge on any atom is 0.262 e. The zero-order valence-electron chi connectivity index (χ0n) is 11.5. The number of aromatic nitrogens is 2. The predicted octanol–water partition coefficient (Wildman–Crippen LogP) is 0.718. The van der Waals surface area contributed by atoms with E-state index in [2.05, 4.69) is 4.98 Å². The Kier molecular flexibility index (Phi) is 3.78. The first-order valence-corrected chi connectivity index (χ1v) is 7.83. The largest absolute Gasteiger partial charge is 0.337 e. The Balaban J connectivity index is 2.27. The van der Waals surface area contributed by atoms with Crippen molar-refractivity contribution in [2.24, 2.45) is 13.0 Å². The highest BCUT2D eigenvalue weighted by molar-refractivity contribution is 7.89. The molecule has 6 nitrogen and oxygen atoms in total. The second-order valence-corrected chi connectivity index (χ2v) is 6.81. The summed E-state index contributed by atoms with van der Waals surface area (Å²) >= 11 is 0. The lowest BCUT2D eigenvalue weighted by molar-refractivity contribution is -0.125. The van der Waals surface area contributed by atoms with Crippen LogP contribution in [0.5, 0.6) is 0 Å². The molecule has 1 aromatic rings. The molecule has 0 aliphatic carbocycles. The Bertz CT molecular complexity index is 572. The normalized spacial score (nSPS) is 21.8. The number of sulfonamides is 1. The molecule has 0 aromatic carbocycles. The molecule has 1 aliphatic rings. The molecule has 1 unspecified atom stereocenters. The molecule has 0 radical (unpaired) electrons. The van der Waals surface area contributed by atoms with E-state index in [1.807, 2.05) is 6.92 Å². The Morgan fingerprint density at radius 3 is 2.68 bits per heavy atom. The zero-order chi connectivity index (χ0) is 14.2. The van der Waals surface area contributed by atoms with Crippen molar-refractivity contribution in [3.8, 4) is 0 Å². The number of aryl methyl sites for hydroxylation is 2. The number of carbonyl (C=O) groups excluding carboxylic acids is 1. The molecule has 1 saturated heterocycles. The molecule has 19 heavy (non-hydrogen) atoms. The zero-order valence-corrected chi connectivity index (χ0v) is 12.3. The maximum absolute atomic E-state index is 12.5. The fraction of sp³-hybridized carbons (Fsp3) is 0.667. The van der Waals surface area contributed by atoms with Gasteiger partial charge in [-0.15, -0.1) is 0 Å². The van der Waals surface area contributed by atoms with Gasteiger partial charge in [0.15, 0.2) is 5.03 Å². The van der Waals surface area contributed by atoms with Crippen LogP contribution in [0, 0.1) is 12.8 Å². The molecule has 0 saturated carbocycles. The maximum atomic E-state index is 12.5. The van der Waals surface area contributed by atoms with E-state index in [1.165, 1.54) is 10.5 Å². The van der Waals surface area contributed by atoms with Gasteiger partial charge in [-0.1, -0.05) is 6.92 Å². The minimum atomic E-state index is -3.58. The standard InChI is InChI=1S/C12H19N3O3S/c1-4-10-7-15(6-5-11(10)16)19(17,18)12-8-14(3)9(2)13-12/h8,10H,4-7H2,1-3H3. The van der Waals surface area contributed by atoms with Crippen molar-refractivity contribution in [3.63, 3.8) is 0 Å². The van der Waals surface area contributed by atoms with Crippen LogP contribution in [0.1, 0.15) is 25.6 Å². The van der Waals surface area contributed by atoms with Gasteiger partial charge in [-0.2, -0.15) is 4.31 Å². The lowest BCUT2D eigenvalue weighted by atomic mass is 9.96. The van der Waals surface area contributed by atoms with Gasteiger partial charge < -0.3 is 4.57 Å². The Hall–Kier alpha value is -1.21. The fourth-order valence-corrected chi connectivity index (χ4v) is 3.75. The number of imidazole rings is 1. The summed E-state index contributed by atoms with van der Waals surface area (Å²) in [7, 11) is -1.82. The second kappa shape index (κ2) is 5.05. The lowest BCUT2D eigenvalue weighted by Gasteiger charge is -2.29. The SMILES string of the molecule is CCC1CN(S(=O)(=O)c2cn(C)c(C)n2)CCC1=O. The summed E-state index contributed by atoms with van der Waals surface area (Å²) in [6, 6.07) is 0. The van der Waals surface area contributed by atoms with Gasteiger partial charge in [0, 0.05) is 38.7 Å². The summed E-state index contributed by atoms with van der Waals surface area (Å²) in [5.74, 6) is 0.623. The lowest BCUT2D eigenvalue weighted by Crippen LogP contribution is -2.43. The molecular formula is C12H19N3O3S. The van der Waals surface area contributed by atoms with Gasteiger partial charge in [-0.3, -0.25) is 4.79 Å². The van der Waals surface area contributed by atoms with Crippen LogP contribution in [-0.2, 0) is 21.9 Å². The molecule has 1 fully saturated rings. The van der Waals surface area contributed by atoms with Crippen LogP contribution < -0.4 is 0 Å². The molecule has 0 bridgehead atoms. The molecule has 7 heteroatoms. The molecule has 1 aliphatic heterocycles. The minimum absolute atomic E-state index is 0.0664. The van der Waals surface area contributed by atoms with Gasteiger partial charge in [-0.25, -0.2) is 13.4 Å². The highest BCUT2D eigenvalue weighted by Crippen LogP contribution is 2.22. The van der Waals surface area contributed by atoms with Gasteiger partial charge in [0.1, 0.15) is 11.6 Å². The average molecular weight is 285 g/mol. The first-order chi connectivity index (χ1) is 8.86. The van der Waals surface area contributed by atoms with Crippen molar-refractivity contribution in [1.82, 2.24) is 13.9 Å². The molecule has 2 heterocycles. The van der Waals surface area contributed by atoms with Crippen LogP contribution >= 0.6 is 0 Å². The van der Waals surface area contributed by atoms with E-state index in [-0.39, 0.29) is 29.8 Å². The number of nitrogens with zero attached hydrogens (tertiary/aromatic N) is 3. The molecule has 1 aromatic heterocycles. The molecule has 0 N–H and O–H groups in total. The first kappa shape index (κ1) is 14.2. The number of Topliss-reactive ketones (excluding diaryl/α,β-unsaturated/α-hetero) is 1. The van der Waals surface area contributed by atoms with Gasteiger partial charge in [0.05, 0.1) is 0 Å². The summed E-state index contributed by atoms with van der Waals surface area (Å²) in [6.45, 7) is 4.19. The minimum Gasteiger partial charge on any atom is -0.337 e. The van der Waals surface area contributed by atoms with E-state index in [0.717, 1.165) is 0 Å². The van der Waals surface area contributed by atoms with E-state index >= 15 is 0 Å². The van der Waals surface area contributed by atoms with Crippen molar-refractivity contribution in [2.75, 3.05) is 13.1 Å². The topological polar surface area (TPSA) is 72.3 Å². The van der Waals surface area contributed by atoms with Crippen LogP contribution in [0.2, 0.25) is 0 Å². The number of carbonyl (C=O) groups is 1. The third kappa shape index (κ3) is 2.57. The monoisotopic (exact) mass is 285 g/mol. The third-order valence-corrected chi connectivity index (χ3v) is 5.41. The van der Waals surface area contributed by atoms with Crippen LogP contribution in [0.15, 0.2) is 11.2 Å². The van der Waals surface area contributed by atoms with Crippen LogP contribution in [-0.4, -0.2) is 41.1 Å².